The van der Waals surface area contributed by atoms with Crippen LogP contribution in [0, 0.1) is 20.3 Å². The molecule has 1 aromatic carbocycles. The SMILES string of the molecule is CC(O)(c1ccc(I)cc1)C1(C#N)CCCCCC1. The third kappa shape index (κ3) is 2.80. The van der Waals surface area contributed by atoms with Crippen LogP contribution >= 0.6 is 22.6 Å². The van der Waals surface area contributed by atoms with Gasteiger partial charge in [-0.15, -0.1) is 0 Å². The number of benzene rings is 1. The van der Waals surface area contributed by atoms with Crippen LogP contribution in [0.3, 0.4) is 0 Å². The van der Waals surface area contributed by atoms with Gasteiger partial charge in [-0.05, 0) is 60.1 Å². The molecule has 3 heteroatoms. The zero-order valence-corrected chi connectivity index (χ0v) is 13.5. The summed E-state index contributed by atoms with van der Waals surface area (Å²) < 4.78 is 1.14. The average molecular weight is 369 g/mol. The van der Waals surface area contributed by atoms with Crippen molar-refractivity contribution >= 4 is 22.6 Å². The Balaban J connectivity index is 2.39. The molecule has 19 heavy (non-hydrogen) atoms. The van der Waals surface area contributed by atoms with Crippen molar-refractivity contribution in [1.29, 1.82) is 5.26 Å². The van der Waals surface area contributed by atoms with Crippen LogP contribution in [-0.4, -0.2) is 5.11 Å². The Morgan fingerprint density at radius 2 is 1.68 bits per heavy atom. The summed E-state index contributed by atoms with van der Waals surface area (Å²) in [5.41, 5.74) is -0.858. The zero-order chi connectivity index (χ0) is 13.9. The lowest BCUT2D eigenvalue weighted by Crippen LogP contribution is -2.42. The molecular weight excluding hydrogens is 349 g/mol. The molecule has 0 aromatic heterocycles. The van der Waals surface area contributed by atoms with E-state index < -0.39 is 11.0 Å². The summed E-state index contributed by atoms with van der Waals surface area (Å²) in [6.07, 6.45) is 6.01. The second-order valence-corrected chi connectivity index (χ2v) is 6.93. The van der Waals surface area contributed by atoms with E-state index in [1.165, 1.54) is 12.8 Å². The monoisotopic (exact) mass is 369 g/mol. The van der Waals surface area contributed by atoms with Crippen LogP contribution in [0.4, 0.5) is 0 Å². The molecule has 1 aliphatic rings. The Kier molecular flexibility index (Phi) is 4.52. The molecule has 1 saturated carbocycles. The Morgan fingerprint density at radius 1 is 1.16 bits per heavy atom. The minimum absolute atomic E-state index is 0.643. The van der Waals surface area contributed by atoms with Crippen molar-refractivity contribution in [2.45, 2.75) is 51.0 Å². The van der Waals surface area contributed by atoms with Crippen LogP contribution in [0.1, 0.15) is 51.0 Å². The minimum atomic E-state index is -1.07. The first-order chi connectivity index (χ1) is 9.02. The molecule has 1 aliphatic carbocycles. The minimum Gasteiger partial charge on any atom is -0.384 e. The van der Waals surface area contributed by atoms with Crippen molar-refractivity contribution < 1.29 is 5.11 Å². The van der Waals surface area contributed by atoms with E-state index in [1.807, 2.05) is 31.2 Å². The molecule has 1 unspecified atom stereocenters. The number of hydrogen-bond donors (Lipinski definition) is 1. The van der Waals surface area contributed by atoms with Gasteiger partial charge >= 0.3 is 0 Å². The predicted octanol–water partition coefficient (Wildman–Crippen LogP) is 4.36. The molecule has 0 aliphatic heterocycles. The molecule has 1 fully saturated rings. The lowest BCUT2D eigenvalue weighted by atomic mass is 9.66. The highest BCUT2D eigenvalue weighted by molar-refractivity contribution is 14.1. The van der Waals surface area contributed by atoms with E-state index >= 15 is 0 Å². The second-order valence-electron chi connectivity index (χ2n) is 5.69. The number of halogens is 1. The number of hydrogen-bond acceptors (Lipinski definition) is 2. The van der Waals surface area contributed by atoms with Gasteiger partial charge in [0.15, 0.2) is 0 Å². The van der Waals surface area contributed by atoms with Crippen molar-refractivity contribution in [3.05, 3.63) is 33.4 Å². The van der Waals surface area contributed by atoms with E-state index in [1.54, 1.807) is 0 Å². The van der Waals surface area contributed by atoms with Crippen LogP contribution in [0.25, 0.3) is 0 Å². The van der Waals surface area contributed by atoms with Gasteiger partial charge in [-0.25, -0.2) is 0 Å². The Bertz CT molecular complexity index is 465. The summed E-state index contributed by atoms with van der Waals surface area (Å²) in [6, 6.07) is 10.3. The van der Waals surface area contributed by atoms with Crippen LogP contribution in [0.15, 0.2) is 24.3 Å². The highest BCUT2D eigenvalue weighted by atomic mass is 127. The number of nitrogens with zero attached hydrogens (tertiary/aromatic N) is 1. The van der Waals surface area contributed by atoms with Crippen molar-refractivity contribution in [2.24, 2.45) is 5.41 Å². The quantitative estimate of drug-likeness (QED) is 0.622. The lowest BCUT2D eigenvalue weighted by Gasteiger charge is -2.40. The van der Waals surface area contributed by atoms with Gasteiger partial charge in [0, 0.05) is 3.57 Å². The van der Waals surface area contributed by atoms with Crippen LogP contribution in [-0.2, 0) is 5.60 Å². The standard InChI is InChI=1S/C16H20INO/c1-15(19,13-6-8-14(17)9-7-13)16(12-18)10-4-2-3-5-11-16/h6-9,19H,2-5,10-11H2,1H3. The highest BCUT2D eigenvalue weighted by Crippen LogP contribution is 2.48. The highest BCUT2D eigenvalue weighted by Gasteiger charge is 2.48. The molecular formula is C16H20INO. The molecule has 2 nitrogen and oxygen atoms in total. The summed E-state index contributed by atoms with van der Waals surface area (Å²) in [5.74, 6) is 0. The second kappa shape index (κ2) is 5.80. The first kappa shape index (κ1) is 14.8. The molecule has 102 valence electrons. The molecule has 0 radical (unpaired) electrons. The fourth-order valence-corrected chi connectivity index (χ4v) is 3.45. The fraction of sp³-hybridized carbons (Fsp3) is 0.562. The molecule has 1 atom stereocenters. The fourth-order valence-electron chi connectivity index (χ4n) is 3.09. The van der Waals surface area contributed by atoms with E-state index in [2.05, 4.69) is 28.7 Å². The van der Waals surface area contributed by atoms with Crippen molar-refractivity contribution in [1.82, 2.24) is 0 Å². The maximum atomic E-state index is 11.1. The van der Waals surface area contributed by atoms with Crippen LogP contribution < -0.4 is 0 Å². The smallest absolute Gasteiger partial charge is 0.105 e. The number of nitriles is 1. The Hall–Kier alpha value is -0.600. The maximum absolute atomic E-state index is 11.1. The van der Waals surface area contributed by atoms with Crippen LogP contribution in [0.5, 0.6) is 0 Å². The molecule has 1 N–H and O–H groups in total. The van der Waals surface area contributed by atoms with E-state index in [4.69, 9.17) is 0 Å². The molecule has 0 bridgehead atoms. The van der Waals surface area contributed by atoms with E-state index in [0.717, 1.165) is 34.8 Å². The Labute approximate surface area is 129 Å². The normalized spacial score (nSPS) is 22.0. The van der Waals surface area contributed by atoms with Crippen molar-refractivity contribution in [3.63, 3.8) is 0 Å². The third-order valence-corrected chi connectivity index (χ3v) is 5.23. The molecule has 0 amide bonds. The summed E-state index contributed by atoms with van der Waals surface area (Å²) in [5, 5.41) is 20.8. The third-order valence-electron chi connectivity index (χ3n) is 4.51. The maximum Gasteiger partial charge on any atom is 0.105 e. The topological polar surface area (TPSA) is 44.0 Å². The molecule has 0 heterocycles. The first-order valence-corrected chi connectivity index (χ1v) is 7.99. The van der Waals surface area contributed by atoms with Gasteiger partial charge in [0.25, 0.3) is 0 Å². The number of aliphatic hydroxyl groups is 1. The van der Waals surface area contributed by atoms with Gasteiger partial charge in [0.2, 0.25) is 0 Å². The van der Waals surface area contributed by atoms with Gasteiger partial charge in [-0.1, -0.05) is 37.8 Å². The molecule has 0 spiro atoms. The van der Waals surface area contributed by atoms with Gasteiger partial charge in [-0.3, -0.25) is 0 Å². The predicted molar refractivity (Wildman–Crippen MR) is 84.5 cm³/mol. The number of rotatable bonds is 2. The molecule has 1 aromatic rings. The largest absolute Gasteiger partial charge is 0.384 e. The van der Waals surface area contributed by atoms with Gasteiger partial charge < -0.3 is 5.11 Å². The summed E-state index contributed by atoms with van der Waals surface area (Å²) in [7, 11) is 0. The van der Waals surface area contributed by atoms with Crippen molar-refractivity contribution in [3.8, 4) is 6.07 Å². The van der Waals surface area contributed by atoms with Gasteiger partial charge in [0.05, 0.1) is 11.5 Å². The zero-order valence-electron chi connectivity index (χ0n) is 11.3. The Morgan fingerprint density at radius 3 is 2.16 bits per heavy atom. The summed E-state index contributed by atoms with van der Waals surface area (Å²) >= 11 is 2.25. The van der Waals surface area contributed by atoms with E-state index in [-0.39, 0.29) is 0 Å². The lowest BCUT2D eigenvalue weighted by molar-refractivity contribution is -0.0533. The van der Waals surface area contributed by atoms with Gasteiger partial charge in [0.1, 0.15) is 5.60 Å². The average Bonchev–Trinajstić information content (AvgIpc) is 2.65. The van der Waals surface area contributed by atoms with Gasteiger partial charge in [-0.2, -0.15) is 5.26 Å². The van der Waals surface area contributed by atoms with Crippen LogP contribution in [0.2, 0.25) is 0 Å². The van der Waals surface area contributed by atoms with Crippen molar-refractivity contribution in [2.75, 3.05) is 0 Å². The summed E-state index contributed by atoms with van der Waals surface area (Å²) in [4.78, 5) is 0. The molecule has 0 saturated heterocycles. The first-order valence-electron chi connectivity index (χ1n) is 6.91. The molecule has 2 rings (SSSR count). The summed E-state index contributed by atoms with van der Waals surface area (Å²) in [6.45, 7) is 1.81. The van der Waals surface area contributed by atoms with E-state index in [0.29, 0.717) is 0 Å². The van der Waals surface area contributed by atoms with E-state index in [9.17, 15) is 10.4 Å².